The van der Waals surface area contributed by atoms with Crippen molar-refractivity contribution in [2.45, 2.75) is 13.0 Å². The standard InChI is InChI=1S/C10H11BrFNO2/c1-6(14)5-13-10(15)7-2-3-8(11)9(12)4-7/h2-4,6,14H,5H2,1H3,(H,13,15). The van der Waals surface area contributed by atoms with E-state index in [1.54, 1.807) is 6.92 Å². The first-order valence-corrected chi connectivity index (χ1v) is 5.21. The highest BCUT2D eigenvalue weighted by molar-refractivity contribution is 9.10. The molecule has 0 radical (unpaired) electrons. The molecule has 15 heavy (non-hydrogen) atoms. The first kappa shape index (κ1) is 12.1. The molecule has 0 aliphatic carbocycles. The molecule has 0 heterocycles. The van der Waals surface area contributed by atoms with Gasteiger partial charge in [0.25, 0.3) is 5.91 Å². The maximum absolute atomic E-state index is 13.1. The van der Waals surface area contributed by atoms with Crippen LogP contribution in [-0.2, 0) is 0 Å². The summed E-state index contributed by atoms with van der Waals surface area (Å²) < 4.78 is 13.4. The summed E-state index contributed by atoms with van der Waals surface area (Å²) >= 11 is 2.99. The van der Waals surface area contributed by atoms with Gasteiger partial charge in [0.2, 0.25) is 0 Å². The van der Waals surface area contributed by atoms with Crippen LogP contribution in [-0.4, -0.2) is 23.7 Å². The number of amides is 1. The Morgan fingerprint density at radius 3 is 2.87 bits per heavy atom. The van der Waals surface area contributed by atoms with Gasteiger partial charge in [-0.15, -0.1) is 0 Å². The number of halogens is 2. The quantitative estimate of drug-likeness (QED) is 0.882. The van der Waals surface area contributed by atoms with E-state index in [0.29, 0.717) is 4.47 Å². The Labute approximate surface area is 95.4 Å². The highest BCUT2D eigenvalue weighted by atomic mass is 79.9. The van der Waals surface area contributed by atoms with Crippen LogP contribution < -0.4 is 5.32 Å². The molecule has 0 aliphatic heterocycles. The number of carbonyl (C=O) groups excluding carboxylic acids is 1. The summed E-state index contributed by atoms with van der Waals surface area (Å²) in [7, 11) is 0. The largest absolute Gasteiger partial charge is 0.392 e. The number of rotatable bonds is 3. The molecule has 0 aliphatic rings. The first-order valence-electron chi connectivity index (χ1n) is 4.42. The van der Waals surface area contributed by atoms with Crippen molar-refractivity contribution in [1.29, 1.82) is 0 Å². The van der Waals surface area contributed by atoms with Gasteiger partial charge in [-0.2, -0.15) is 0 Å². The minimum atomic E-state index is -0.616. The van der Waals surface area contributed by atoms with Gasteiger partial charge in [-0.05, 0) is 41.1 Å². The van der Waals surface area contributed by atoms with E-state index in [2.05, 4.69) is 21.2 Å². The summed E-state index contributed by atoms with van der Waals surface area (Å²) in [6, 6.07) is 4.11. The molecule has 3 nitrogen and oxygen atoms in total. The normalized spacial score (nSPS) is 12.3. The highest BCUT2D eigenvalue weighted by Gasteiger charge is 2.08. The molecule has 1 unspecified atom stereocenters. The van der Waals surface area contributed by atoms with Crippen LogP contribution in [0.1, 0.15) is 17.3 Å². The Morgan fingerprint density at radius 2 is 2.33 bits per heavy atom. The lowest BCUT2D eigenvalue weighted by atomic mass is 10.2. The van der Waals surface area contributed by atoms with Crippen molar-refractivity contribution in [1.82, 2.24) is 5.32 Å². The molecule has 0 aromatic heterocycles. The van der Waals surface area contributed by atoms with E-state index in [-0.39, 0.29) is 12.1 Å². The third-order valence-electron chi connectivity index (χ3n) is 1.74. The van der Waals surface area contributed by atoms with Crippen LogP contribution >= 0.6 is 15.9 Å². The Balaban J connectivity index is 2.70. The zero-order chi connectivity index (χ0) is 11.4. The Morgan fingerprint density at radius 1 is 1.67 bits per heavy atom. The zero-order valence-electron chi connectivity index (χ0n) is 8.13. The molecule has 1 aromatic rings. The molecule has 0 spiro atoms. The van der Waals surface area contributed by atoms with E-state index in [9.17, 15) is 9.18 Å². The molecule has 2 N–H and O–H groups in total. The Kier molecular flexibility index (Phi) is 4.23. The highest BCUT2D eigenvalue weighted by Crippen LogP contribution is 2.16. The molecule has 1 atom stereocenters. The number of hydrogen-bond acceptors (Lipinski definition) is 2. The lowest BCUT2D eigenvalue weighted by molar-refractivity contribution is 0.0923. The van der Waals surface area contributed by atoms with Crippen LogP contribution in [0.25, 0.3) is 0 Å². The molecular formula is C10H11BrFNO2. The predicted octanol–water partition coefficient (Wildman–Crippen LogP) is 1.70. The molecule has 1 amide bonds. The lowest BCUT2D eigenvalue weighted by Crippen LogP contribution is -2.30. The fraction of sp³-hybridized carbons (Fsp3) is 0.300. The molecule has 5 heteroatoms. The molecule has 0 bridgehead atoms. The van der Waals surface area contributed by atoms with Crippen LogP contribution in [0.15, 0.2) is 22.7 Å². The van der Waals surface area contributed by atoms with Crippen LogP contribution in [0.4, 0.5) is 4.39 Å². The van der Waals surface area contributed by atoms with Gasteiger partial charge in [0.15, 0.2) is 0 Å². The van der Waals surface area contributed by atoms with Gasteiger partial charge in [0.05, 0.1) is 10.6 Å². The third kappa shape index (κ3) is 3.60. The Hall–Kier alpha value is -0.940. The van der Waals surface area contributed by atoms with Gasteiger partial charge in [0, 0.05) is 12.1 Å². The van der Waals surface area contributed by atoms with Crippen molar-refractivity contribution in [3.05, 3.63) is 34.1 Å². The fourth-order valence-electron chi connectivity index (χ4n) is 0.980. The summed E-state index contributed by atoms with van der Waals surface area (Å²) in [5.41, 5.74) is 0.233. The van der Waals surface area contributed by atoms with Gasteiger partial charge in [-0.1, -0.05) is 0 Å². The number of nitrogens with one attached hydrogen (secondary N) is 1. The minimum Gasteiger partial charge on any atom is -0.392 e. The van der Waals surface area contributed by atoms with Gasteiger partial charge in [-0.3, -0.25) is 4.79 Å². The molecule has 0 fully saturated rings. The van der Waals surface area contributed by atoms with Gasteiger partial charge in [0.1, 0.15) is 5.82 Å². The molecule has 1 aromatic carbocycles. The van der Waals surface area contributed by atoms with Crippen LogP contribution in [0.3, 0.4) is 0 Å². The maximum atomic E-state index is 13.1. The number of carbonyl (C=O) groups is 1. The summed E-state index contributed by atoms with van der Waals surface area (Å²) in [6.07, 6.45) is -0.616. The maximum Gasteiger partial charge on any atom is 0.251 e. The fourth-order valence-corrected chi connectivity index (χ4v) is 1.23. The number of aliphatic hydroxyl groups is 1. The third-order valence-corrected chi connectivity index (χ3v) is 2.38. The summed E-state index contributed by atoms with van der Waals surface area (Å²) in [4.78, 5) is 11.4. The van der Waals surface area contributed by atoms with E-state index in [0.717, 1.165) is 6.07 Å². The van der Waals surface area contributed by atoms with Crippen molar-refractivity contribution in [3.63, 3.8) is 0 Å². The Bertz CT molecular complexity index is 368. The second-order valence-electron chi connectivity index (χ2n) is 3.19. The second-order valence-corrected chi connectivity index (χ2v) is 4.04. The van der Waals surface area contributed by atoms with Crippen molar-refractivity contribution < 1.29 is 14.3 Å². The van der Waals surface area contributed by atoms with Crippen LogP contribution in [0.2, 0.25) is 0 Å². The molecule has 82 valence electrons. The summed E-state index contributed by atoms with van der Waals surface area (Å²) in [6.45, 7) is 1.71. The average molecular weight is 276 g/mol. The molecule has 0 saturated heterocycles. The molecule has 0 saturated carbocycles. The zero-order valence-corrected chi connectivity index (χ0v) is 9.71. The molecular weight excluding hydrogens is 265 g/mol. The first-order chi connectivity index (χ1) is 7.00. The number of aliphatic hydroxyl groups excluding tert-OH is 1. The van der Waals surface area contributed by atoms with E-state index in [1.165, 1.54) is 12.1 Å². The number of hydrogen-bond donors (Lipinski definition) is 2. The van der Waals surface area contributed by atoms with E-state index >= 15 is 0 Å². The SMILES string of the molecule is CC(O)CNC(=O)c1ccc(Br)c(F)c1. The van der Waals surface area contributed by atoms with E-state index in [4.69, 9.17) is 5.11 Å². The van der Waals surface area contributed by atoms with Gasteiger partial charge in [-0.25, -0.2) is 4.39 Å². The second kappa shape index (κ2) is 5.23. The predicted molar refractivity (Wildman–Crippen MR) is 58.1 cm³/mol. The van der Waals surface area contributed by atoms with Crippen molar-refractivity contribution in [2.75, 3.05) is 6.54 Å². The molecule has 1 rings (SSSR count). The van der Waals surface area contributed by atoms with Gasteiger partial charge < -0.3 is 10.4 Å². The summed E-state index contributed by atoms with van der Waals surface area (Å²) in [5.74, 6) is -0.887. The average Bonchev–Trinajstić information content (AvgIpc) is 2.18. The van der Waals surface area contributed by atoms with Crippen LogP contribution in [0, 0.1) is 5.82 Å². The summed E-state index contributed by atoms with van der Waals surface area (Å²) in [5, 5.41) is 11.4. The smallest absolute Gasteiger partial charge is 0.251 e. The van der Waals surface area contributed by atoms with Crippen LogP contribution in [0.5, 0.6) is 0 Å². The van der Waals surface area contributed by atoms with E-state index in [1.807, 2.05) is 0 Å². The van der Waals surface area contributed by atoms with Gasteiger partial charge >= 0.3 is 0 Å². The van der Waals surface area contributed by atoms with Crippen molar-refractivity contribution in [2.24, 2.45) is 0 Å². The van der Waals surface area contributed by atoms with Crippen molar-refractivity contribution >= 4 is 21.8 Å². The van der Waals surface area contributed by atoms with Crippen molar-refractivity contribution in [3.8, 4) is 0 Å². The van der Waals surface area contributed by atoms with E-state index < -0.39 is 17.8 Å². The lowest BCUT2D eigenvalue weighted by Gasteiger charge is -2.07. The number of benzene rings is 1. The monoisotopic (exact) mass is 275 g/mol. The minimum absolute atomic E-state index is 0.149. The topological polar surface area (TPSA) is 49.3 Å².